The van der Waals surface area contributed by atoms with Crippen LogP contribution in [-0.4, -0.2) is 5.91 Å². The van der Waals surface area contributed by atoms with Crippen LogP contribution in [0.3, 0.4) is 0 Å². The molecule has 0 heterocycles. The van der Waals surface area contributed by atoms with E-state index in [2.05, 4.69) is 5.32 Å². The Bertz CT molecular complexity index is 358. The van der Waals surface area contributed by atoms with Crippen molar-refractivity contribution in [2.24, 2.45) is 11.7 Å². The molecular formula is C12H16N2O. The summed E-state index contributed by atoms with van der Waals surface area (Å²) in [4.78, 5) is 11.4. The fraction of sp³-hybridized carbons (Fsp3) is 0.417. The number of nitrogens with one attached hydrogen (secondary N) is 1. The monoisotopic (exact) mass is 204 g/mol. The lowest BCUT2D eigenvalue weighted by molar-refractivity contribution is -0.122. The summed E-state index contributed by atoms with van der Waals surface area (Å²) in [5.74, 6) is 0.455. The first kappa shape index (κ1) is 10.2. The number of amides is 1. The summed E-state index contributed by atoms with van der Waals surface area (Å²) in [6, 6.07) is 7.94. The summed E-state index contributed by atoms with van der Waals surface area (Å²) >= 11 is 0. The first-order valence-corrected chi connectivity index (χ1v) is 5.36. The molecule has 0 aromatic heterocycles. The molecule has 3 N–H and O–H groups in total. The predicted octanol–water partition coefficient (Wildman–Crippen LogP) is 1.17. The quantitative estimate of drug-likeness (QED) is 0.773. The molecule has 0 bridgehead atoms. The Balaban J connectivity index is 1.94. The molecule has 1 aromatic carbocycles. The Morgan fingerprint density at radius 1 is 1.33 bits per heavy atom. The molecule has 3 heteroatoms. The van der Waals surface area contributed by atoms with Crippen LogP contribution in [0.1, 0.15) is 24.0 Å². The van der Waals surface area contributed by atoms with Crippen LogP contribution in [-0.2, 0) is 17.9 Å². The van der Waals surface area contributed by atoms with Gasteiger partial charge in [0.25, 0.3) is 0 Å². The highest BCUT2D eigenvalue weighted by atomic mass is 16.2. The molecule has 1 fully saturated rings. The molecule has 0 atom stereocenters. The highest BCUT2D eigenvalue weighted by Gasteiger charge is 2.29. The first-order valence-electron chi connectivity index (χ1n) is 5.36. The molecule has 1 aliphatic rings. The van der Waals surface area contributed by atoms with E-state index in [1.165, 1.54) is 0 Å². The van der Waals surface area contributed by atoms with Crippen molar-refractivity contribution in [3.8, 4) is 0 Å². The van der Waals surface area contributed by atoms with Gasteiger partial charge in [-0.3, -0.25) is 4.79 Å². The van der Waals surface area contributed by atoms with E-state index >= 15 is 0 Å². The third-order valence-electron chi connectivity index (χ3n) is 2.74. The summed E-state index contributed by atoms with van der Waals surface area (Å²) in [7, 11) is 0. The van der Waals surface area contributed by atoms with Gasteiger partial charge in [0.15, 0.2) is 0 Å². The van der Waals surface area contributed by atoms with Gasteiger partial charge in [-0.1, -0.05) is 24.3 Å². The van der Waals surface area contributed by atoms with Crippen molar-refractivity contribution in [1.29, 1.82) is 0 Å². The number of nitrogens with two attached hydrogens (primary N) is 1. The molecule has 0 unspecified atom stereocenters. The lowest BCUT2D eigenvalue weighted by Crippen LogP contribution is -2.24. The number of hydrogen-bond acceptors (Lipinski definition) is 2. The predicted molar refractivity (Wildman–Crippen MR) is 58.9 cm³/mol. The van der Waals surface area contributed by atoms with Gasteiger partial charge in [-0.05, 0) is 24.0 Å². The van der Waals surface area contributed by atoms with E-state index in [9.17, 15) is 4.79 Å². The topological polar surface area (TPSA) is 55.1 Å². The summed E-state index contributed by atoms with van der Waals surface area (Å²) < 4.78 is 0. The number of carbonyl (C=O) groups excluding carboxylic acids is 1. The van der Waals surface area contributed by atoms with E-state index in [1.54, 1.807) is 0 Å². The minimum absolute atomic E-state index is 0.182. The van der Waals surface area contributed by atoms with Crippen molar-refractivity contribution < 1.29 is 4.79 Å². The SMILES string of the molecule is NCc1ccccc1CNC(=O)C1CC1. The summed E-state index contributed by atoms with van der Waals surface area (Å²) in [6.45, 7) is 1.12. The summed E-state index contributed by atoms with van der Waals surface area (Å²) in [5.41, 5.74) is 7.84. The molecule has 0 aliphatic heterocycles. The van der Waals surface area contributed by atoms with Gasteiger partial charge in [0.2, 0.25) is 5.91 Å². The zero-order chi connectivity index (χ0) is 10.7. The minimum atomic E-state index is 0.182. The lowest BCUT2D eigenvalue weighted by atomic mass is 10.1. The first-order chi connectivity index (χ1) is 7.31. The summed E-state index contributed by atoms with van der Waals surface area (Å²) in [6.07, 6.45) is 2.09. The molecule has 0 radical (unpaired) electrons. The Hall–Kier alpha value is -1.35. The molecule has 3 nitrogen and oxygen atoms in total. The second-order valence-corrected chi connectivity index (χ2v) is 3.96. The average molecular weight is 204 g/mol. The van der Waals surface area contributed by atoms with E-state index in [4.69, 9.17) is 5.73 Å². The normalized spacial score (nSPS) is 15.0. The number of rotatable bonds is 4. The molecule has 80 valence electrons. The molecule has 1 aromatic rings. The maximum Gasteiger partial charge on any atom is 0.223 e. The molecule has 1 saturated carbocycles. The van der Waals surface area contributed by atoms with Crippen molar-refractivity contribution in [2.45, 2.75) is 25.9 Å². The van der Waals surface area contributed by atoms with Gasteiger partial charge in [-0.15, -0.1) is 0 Å². The average Bonchev–Trinajstić information content (AvgIpc) is 3.10. The Kier molecular flexibility index (Phi) is 3.02. The molecule has 1 amide bonds. The second-order valence-electron chi connectivity index (χ2n) is 3.96. The highest BCUT2D eigenvalue weighted by Crippen LogP contribution is 2.28. The molecular weight excluding hydrogens is 188 g/mol. The third kappa shape index (κ3) is 2.57. The van der Waals surface area contributed by atoms with Gasteiger partial charge in [-0.25, -0.2) is 0 Å². The highest BCUT2D eigenvalue weighted by molar-refractivity contribution is 5.80. The number of hydrogen-bond donors (Lipinski definition) is 2. The number of carbonyl (C=O) groups is 1. The standard InChI is InChI=1S/C12H16N2O/c13-7-10-3-1-2-4-11(10)8-14-12(15)9-5-6-9/h1-4,9H,5-8,13H2,(H,14,15). The zero-order valence-corrected chi connectivity index (χ0v) is 8.70. The number of benzene rings is 1. The van der Waals surface area contributed by atoms with Crippen molar-refractivity contribution in [3.05, 3.63) is 35.4 Å². The van der Waals surface area contributed by atoms with Crippen LogP contribution in [0.5, 0.6) is 0 Å². The van der Waals surface area contributed by atoms with E-state index in [-0.39, 0.29) is 11.8 Å². The summed E-state index contributed by atoms with van der Waals surface area (Å²) in [5, 5.41) is 2.94. The minimum Gasteiger partial charge on any atom is -0.352 e. The van der Waals surface area contributed by atoms with E-state index in [0.29, 0.717) is 13.1 Å². The molecule has 0 spiro atoms. The van der Waals surface area contributed by atoms with Gasteiger partial charge >= 0.3 is 0 Å². The van der Waals surface area contributed by atoms with Crippen LogP contribution in [0.25, 0.3) is 0 Å². The van der Waals surface area contributed by atoms with E-state index < -0.39 is 0 Å². The van der Waals surface area contributed by atoms with Crippen LogP contribution >= 0.6 is 0 Å². The fourth-order valence-corrected chi connectivity index (χ4v) is 1.60. The largest absolute Gasteiger partial charge is 0.352 e. The molecule has 0 saturated heterocycles. The lowest BCUT2D eigenvalue weighted by Gasteiger charge is -2.08. The maximum absolute atomic E-state index is 11.4. The van der Waals surface area contributed by atoms with E-state index in [1.807, 2.05) is 24.3 Å². The second kappa shape index (κ2) is 4.45. The van der Waals surface area contributed by atoms with Crippen molar-refractivity contribution in [1.82, 2.24) is 5.32 Å². The van der Waals surface area contributed by atoms with Crippen LogP contribution in [0.4, 0.5) is 0 Å². The van der Waals surface area contributed by atoms with E-state index in [0.717, 1.165) is 24.0 Å². The molecule has 2 rings (SSSR count). The van der Waals surface area contributed by atoms with Gasteiger partial charge in [0, 0.05) is 19.0 Å². The van der Waals surface area contributed by atoms with Crippen molar-refractivity contribution in [3.63, 3.8) is 0 Å². The van der Waals surface area contributed by atoms with Gasteiger partial charge in [0.1, 0.15) is 0 Å². The van der Waals surface area contributed by atoms with Gasteiger partial charge in [-0.2, -0.15) is 0 Å². The van der Waals surface area contributed by atoms with Crippen LogP contribution in [0.15, 0.2) is 24.3 Å². The van der Waals surface area contributed by atoms with Gasteiger partial charge in [0.05, 0.1) is 0 Å². The van der Waals surface area contributed by atoms with Crippen molar-refractivity contribution >= 4 is 5.91 Å². The van der Waals surface area contributed by atoms with Crippen LogP contribution < -0.4 is 11.1 Å². The van der Waals surface area contributed by atoms with Crippen molar-refractivity contribution in [2.75, 3.05) is 0 Å². The van der Waals surface area contributed by atoms with Gasteiger partial charge < -0.3 is 11.1 Å². The Morgan fingerprint density at radius 3 is 2.60 bits per heavy atom. The third-order valence-corrected chi connectivity index (χ3v) is 2.74. The van der Waals surface area contributed by atoms with Crippen LogP contribution in [0.2, 0.25) is 0 Å². The maximum atomic E-state index is 11.4. The fourth-order valence-electron chi connectivity index (χ4n) is 1.60. The molecule has 1 aliphatic carbocycles. The smallest absolute Gasteiger partial charge is 0.223 e. The molecule has 15 heavy (non-hydrogen) atoms. The Morgan fingerprint density at radius 2 is 2.00 bits per heavy atom. The van der Waals surface area contributed by atoms with Crippen LogP contribution in [0, 0.1) is 5.92 Å². The Labute approximate surface area is 89.7 Å². The zero-order valence-electron chi connectivity index (χ0n) is 8.70.